The molecule has 0 atom stereocenters. The zero-order chi connectivity index (χ0) is 11.6. The molecule has 0 aromatic carbocycles. The lowest BCUT2D eigenvalue weighted by Gasteiger charge is -2.06. The third-order valence-corrected chi connectivity index (χ3v) is 3.41. The van der Waals surface area contributed by atoms with Gasteiger partial charge in [-0.15, -0.1) is 0 Å². The monoisotopic (exact) mass is 238 g/mol. The first-order chi connectivity index (χ1) is 7.12. The molecule has 0 saturated carbocycles. The molecule has 5 nitrogen and oxygen atoms in total. The topological polar surface area (TPSA) is 67.4 Å². The molecule has 6 heteroatoms. The number of hydrogen-bond acceptors (Lipinski definition) is 4. The van der Waals surface area contributed by atoms with Crippen LogP contribution in [0.2, 0.25) is 0 Å². The van der Waals surface area contributed by atoms with Gasteiger partial charge in [0.05, 0.1) is 5.75 Å². The van der Waals surface area contributed by atoms with E-state index in [2.05, 4.69) is 10.0 Å². The van der Waals surface area contributed by atoms with Crippen LogP contribution >= 0.6 is 0 Å². The second kappa shape index (κ2) is 9.08. The Balaban J connectivity index is 3.47. The van der Waals surface area contributed by atoms with Crippen LogP contribution in [0.25, 0.3) is 0 Å². The van der Waals surface area contributed by atoms with Gasteiger partial charge in [0.25, 0.3) is 0 Å². The Morgan fingerprint density at radius 1 is 1.13 bits per heavy atom. The van der Waals surface area contributed by atoms with Crippen LogP contribution in [0.4, 0.5) is 0 Å². The lowest BCUT2D eigenvalue weighted by molar-refractivity contribution is 0.193. The number of sulfonamides is 1. The predicted octanol–water partition coefficient (Wildman–Crippen LogP) is -0.0581. The summed E-state index contributed by atoms with van der Waals surface area (Å²) >= 11 is 0. The van der Waals surface area contributed by atoms with Gasteiger partial charge in [-0.3, -0.25) is 0 Å². The normalized spacial score (nSPS) is 11.9. The van der Waals surface area contributed by atoms with E-state index in [1.54, 1.807) is 7.11 Å². The van der Waals surface area contributed by atoms with Crippen molar-refractivity contribution in [2.75, 3.05) is 39.6 Å². The lowest BCUT2D eigenvalue weighted by atomic mass is 10.3. The molecule has 0 bridgehead atoms. The molecule has 0 spiro atoms. The second-order valence-corrected chi connectivity index (χ2v) is 5.30. The number of hydrogen-bond donors (Lipinski definition) is 2. The van der Waals surface area contributed by atoms with Crippen molar-refractivity contribution in [3.05, 3.63) is 0 Å². The molecule has 15 heavy (non-hydrogen) atoms. The summed E-state index contributed by atoms with van der Waals surface area (Å²) in [5.74, 6) is 0.193. The van der Waals surface area contributed by atoms with Gasteiger partial charge in [-0.25, -0.2) is 13.1 Å². The second-order valence-electron chi connectivity index (χ2n) is 3.37. The van der Waals surface area contributed by atoms with Gasteiger partial charge in [0.15, 0.2) is 0 Å². The van der Waals surface area contributed by atoms with Crippen molar-refractivity contribution in [3.8, 4) is 0 Å². The first-order valence-corrected chi connectivity index (χ1v) is 6.88. The fraction of sp³-hybridized carbons (Fsp3) is 1.00. The van der Waals surface area contributed by atoms with Crippen LogP contribution in [0.1, 0.15) is 19.3 Å². The molecule has 0 radical (unpaired) electrons. The van der Waals surface area contributed by atoms with E-state index in [4.69, 9.17) is 4.74 Å². The van der Waals surface area contributed by atoms with Gasteiger partial charge in [0.2, 0.25) is 10.0 Å². The minimum absolute atomic E-state index is 0.193. The van der Waals surface area contributed by atoms with E-state index in [0.717, 1.165) is 19.4 Å². The quantitative estimate of drug-likeness (QED) is 0.523. The Kier molecular flexibility index (Phi) is 8.98. The minimum Gasteiger partial charge on any atom is -0.385 e. The van der Waals surface area contributed by atoms with E-state index in [0.29, 0.717) is 19.6 Å². The highest BCUT2D eigenvalue weighted by Crippen LogP contribution is 1.92. The third-order valence-electron chi connectivity index (χ3n) is 1.94. The van der Waals surface area contributed by atoms with Crippen molar-refractivity contribution >= 4 is 10.0 Å². The number of ether oxygens (including phenoxy) is 1. The van der Waals surface area contributed by atoms with E-state index < -0.39 is 10.0 Å². The van der Waals surface area contributed by atoms with Crippen LogP contribution in [0.3, 0.4) is 0 Å². The Labute approximate surface area is 92.6 Å². The number of rotatable bonds is 10. The van der Waals surface area contributed by atoms with Crippen LogP contribution in [-0.4, -0.2) is 48.0 Å². The molecule has 0 unspecified atom stereocenters. The Morgan fingerprint density at radius 3 is 2.47 bits per heavy atom. The van der Waals surface area contributed by atoms with Gasteiger partial charge in [-0.1, -0.05) is 0 Å². The third kappa shape index (κ3) is 10.1. The molecular formula is C9H22N2O3S. The lowest BCUT2D eigenvalue weighted by Crippen LogP contribution is -2.28. The SMILES string of the molecule is CNCCCS(=O)(=O)NCCCCOC. The molecule has 0 fully saturated rings. The van der Waals surface area contributed by atoms with E-state index in [1.165, 1.54) is 0 Å². The van der Waals surface area contributed by atoms with E-state index in [9.17, 15) is 8.42 Å². The van der Waals surface area contributed by atoms with Gasteiger partial charge in [0.1, 0.15) is 0 Å². The van der Waals surface area contributed by atoms with Crippen molar-refractivity contribution < 1.29 is 13.2 Å². The van der Waals surface area contributed by atoms with Gasteiger partial charge in [-0.05, 0) is 32.9 Å². The molecule has 0 aromatic heterocycles. The zero-order valence-electron chi connectivity index (χ0n) is 9.58. The molecule has 0 aliphatic carbocycles. The molecule has 0 aromatic rings. The maximum Gasteiger partial charge on any atom is 0.211 e. The first kappa shape index (κ1) is 14.8. The summed E-state index contributed by atoms with van der Waals surface area (Å²) in [5.41, 5.74) is 0. The highest BCUT2D eigenvalue weighted by molar-refractivity contribution is 7.89. The fourth-order valence-electron chi connectivity index (χ4n) is 1.11. The van der Waals surface area contributed by atoms with Gasteiger partial charge in [-0.2, -0.15) is 0 Å². The minimum atomic E-state index is -3.07. The number of nitrogens with one attached hydrogen (secondary N) is 2. The number of methoxy groups -OCH3 is 1. The standard InChI is InChI=1S/C9H22N2O3S/c1-10-6-5-9-15(12,13)11-7-3-4-8-14-2/h10-11H,3-9H2,1-2H3. The number of unbranched alkanes of at least 4 members (excludes halogenated alkanes) is 1. The smallest absolute Gasteiger partial charge is 0.211 e. The highest BCUT2D eigenvalue weighted by atomic mass is 32.2. The van der Waals surface area contributed by atoms with Crippen LogP contribution in [0.5, 0.6) is 0 Å². The summed E-state index contributed by atoms with van der Waals surface area (Å²) in [6, 6.07) is 0. The van der Waals surface area contributed by atoms with Crippen molar-refractivity contribution in [1.29, 1.82) is 0 Å². The molecule has 0 heterocycles. The molecule has 0 amide bonds. The fourth-order valence-corrected chi connectivity index (χ4v) is 2.23. The summed E-state index contributed by atoms with van der Waals surface area (Å²) in [4.78, 5) is 0. The molecule has 0 aliphatic rings. The van der Waals surface area contributed by atoms with E-state index in [1.807, 2.05) is 7.05 Å². The highest BCUT2D eigenvalue weighted by Gasteiger charge is 2.07. The van der Waals surface area contributed by atoms with Crippen molar-refractivity contribution in [2.45, 2.75) is 19.3 Å². The summed E-state index contributed by atoms with van der Waals surface area (Å²) in [6.45, 7) is 1.91. The summed E-state index contributed by atoms with van der Waals surface area (Å²) in [7, 11) is 0.379. The largest absolute Gasteiger partial charge is 0.385 e. The summed E-state index contributed by atoms with van der Waals surface area (Å²) < 4.78 is 30.2. The maximum atomic E-state index is 11.4. The van der Waals surface area contributed by atoms with Gasteiger partial charge < -0.3 is 10.1 Å². The maximum absolute atomic E-state index is 11.4. The molecular weight excluding hydrogens is 216 g/mol. The Morgan fingerprint density at radius 2 is 1.87 bits per heavy atom. The van der Waals surface area contributed by atoms with Crippen molar-refractivity contribution in [1.82, 2.24) is 10.0 Å². The van der Waals surface area contributed by atoms with Crippen LogP contribution < -0.4 is 10.0 Å². The average Bonchev–Trinajstić information content (AvgIpc) is 2.17. The molecule has 92 valence electrons. The zero-order valence-corrected chi connectivity index (χ0v) is 10.4. The summed E-state index contributed by atoms with van der Waals surface area (Å²) in [6.07, 6.45) is 2.35. The van der Waals surface area contributed by atoms with Crippen molar-refractivity contribution in [3.63, 3.8) is 0 Å². The Bertz CT molecular complexity index is 230. The average molecular weight is 238 g/mol. The first-order valence-electron chi connectivity index (χ1n) is 5.23. The Hall–Kier alpha value is -0.170. The molecule has 0 rings (SSSR count). The van der Waals surface area contributed by atoms with E-state index in [-0.39, 0.29) is 5.75 Å². The summed E-state index contributed by atoms with van der Waals surface area (Å²) in [5, 5.41) is 2.92. The molecule has 0 aliphatic heterocycles. The molecule has 0 saturated heterocycles. The van der Waals surface area contributed by atoms with E-state index >= 15 is 0 Å². The molecule has 2 N–H and O–H groups in total. The van der Waals surface area contributed by atoms with Crippen LogP contribution in [-0.2, 0) is 14.8 Å². The van der Waals surface area contributed by atoms with Crippen LogP contribution in [0.15, 0.2) is 0 Å². The van der Waals surface area contributed by atoms with Crippen LogP contribution in [0, 0.1) is 0 Å². The van der Waals surface area contributed by atoms with Crippen molar-refractivity contribution in [2.24, 2.45) is 0 Å². The van der Waals surface area contributed by atoms with Gasteiger partial charge >= 0.3 is 0 Å². The van der Waals surface area contributed by atoms with Gasteiger partial charge in [0, 0.05) is 20.3 Å². The predicted molar refractivity (Wildman–Crippen MR) is 61.4 cm³/mol.